The SMILES string of the molecule is CCNC(=NCc1ccc(NC(=O)c2ccco2)cc1)NCCCOC1CCOC1.I. The summed E-state index contributed by atoms with van der Waals surface area (Å²) in [4.78, 5) is 16.6. The molecule has 1 aromatic heterocycles. The summed E-state index contributed by atoms with van der Waals surface area (Å²) in [6.45, 7) is 6.39. The second-order valence-corrected chi connectivity index (χ2v) is 6.96. The number of hydrogen-bond donors (Lipinski definition) is 3. The van der Waals surface area contributed by atoms with Crippen molar-refractivity contribution in [2.75, 3.05) is 38.2 Å². The minimum Gasteiger partial charge on any atom is -0.459 e. The Bertz CT molecular complexity index is 790. The number of carbonyl (C=O) groups excluding carboxylic acids is 1. The van der Waals surface area contributed by atoms with E-state index in [0.29, 0.717) is 25.4 Å². The van der Waals surface area contributed by atoms with Gasteiger partial charge in [0.25, 0.3) is 5.91 Å². The Balaban J connectivity index is 0.00000341. The molecule has 3 rings (SSSR count). The van der Waals surface area contributed by atoms with Gasteiger partial charge in [-0.1, -0.05) is 12.1 Å². The molecule has 1 unspecified atom stereocenters. The number of benzene rings is 1. The highest BCUT2D eigenvalue weighted by Crippen LogP contribution is 2.12. The molecule has 1 fully saturated rings. The van der Waals surface area contributed by atoms with Crippen LogP contribution in [0.2, 0.25) is 0 Å². The normalized spacial score (nSPS) is 15.9. The maximum absolute atomic E-state index is 12.0. The molecule has 0 radical (unpaired) electrons. The van der Waals surface area contributed by atoms with Gasteiger partial charge >= 0.3 is 0 Å². The molecule has 1 aromatic carbocycles. The Morgan fingerprint density at radius 1 is 1.23 bits per heavy atom. The zero-order valence-corrected chi connectivity index (χ0v) is 20.1. The first-order chi connectivity index (χ1) is 14.7. The number of furan rings is 1. The number of ether oxygens (including phenoxy) is 2. The van der Waals surface area contributed by atoms with Gasteiger partial charge in [0, 0.05) is 32.0 Å². The van der Waals surface area contributed by atoms with Crippen LogP contribution in [0, 0.1) is 0 Å². The average Bonchev–Trinajstić information content (AvgIpc) is 3.47. The third-order valence-corrected chi connectivity index (χ3v) is 4.58. The van der Waals surface area contributed by atoms with Crippen molar-refractivity contribution in [2.45, 2.75) is 32.4 Å². The summed E-state index contributed by atoms with van der Waals surface area (Å²) in [7, 11) is 0. The van der Waals surface area contributed by atoms with Crippen LogP contribution in [0.3, 0.4) is 0 Å². The van der Waals surface area contributed by atoms with Gasteiger partial charge in [0.15, 0.2) is 11.7 Å². The molecule has 0 saturated carbocycles. The second-order valence-electron chi connectivity index (χ2n) is 6.96. The third-order valence-electron chi connectivity index (χ3n) is 4.58. The fourth-order valence-electron chi connectivity index (χ4n) is 2.98. The smallest absolute Gasteiger partial charge is 0.291 e. The molecule has 8 nitrogen and oxygen atoms in total. The first-order valence-corrected chi connectivity index (χ1v) is 10.4. The van der Waals surface area contributed by atoms with E-state index in [9.17, 15) is 4.79 Å². The maximum atomic E-state index is 12.0. The van der Waals surface area contributed by atoms with E-state index in [2.05, 4.69) is 20.9 Å². The quantitative estimate of drug-likeness (QED) is 0.184. The molecule has 2 heterocycles. The van der Waals surface area contributed by atoms with Crippen LogP contribution in [0.25, 0.3) is 0 Å². The van der Waals surface area contributed by atoms with Crippen LogP contribution in [0.15, 0.2) is 52.1 Å². The third kappa shape index (κ3) is 8.88. The predicted octanol–water partition coefficient (Wildman–Crippen LogP) is 3.40. The number of halogens is 1. The van der Waals surface area contributed by atoms with Crippen LogP contribution >= 0.6 is 24.0 Å². The van der Waals surface area contributed by atoms with Crippen molar-refractivity contribution in [3.05, 3.63) is 54.0 Å². The summed E-state index contributed by atoms with van der Waals surface area (Å²) in [5.41, 5.74) is 1.76. The highest BCUT2D eigenvalue weighted by Gasteiger charge is 2.15. The number of hydrogen-bond acceptors (Lipinski definition) is 5. The molecule has 0 bridgehead atoms. The van der Waals surface area contributed by atoms with E-state index < -0.39 is 0 Å². The van der Waals surface area contributed by atoms with Gasteiger partial charge in [-0.15, -0.1) is 24.0 Å². The van der Waals surface area contributed by atoms with E-state index in [1.54, 1.807) is 12.1 Å². The molecule has 1 aliphatic heterocycles. The Labute approximate surface area is 200 Å². The van der Waals surface area contributed by atoms with Crippen LogP contribution in [0.5, 0.6) is 0 Å². The molecule has 0 spiro atoms. The van der Waals surface area contributed by atoms with Crippen LogP contribution in [-0.4, -0.2) is 50.9 Å². The van der Waals surface area contributed by atoms with E-state index in [1.165, 1.54) is 6.26 Å². The summed E-state index contributed by atoms with van der Waals surface area (Å²) in [6.07, 6.45) is 3.62. The summed E-state index contributed by atoms with van der Waals surface area (Å²) in [5.74, 6) is 0.790. The number of nitrogens with zero attached hydrogens (tertiary/aromatic N) is 1. The van der Waals surface area contributed by atoms with Gasteiger partial charge in [0.2, 0.25) is 0 Å². The van der Waals surface area contributed by atoms with E-state index in [4.69, 9.17) is 13.9 Å². The van der Waals surface area contributed by atoms with Gasteiger partial charge in [0.1, 0.15) is 0 Å². The molecule has 31 heavy (non-hydrogen) atoms. The van der Waals surface area contributed by atoms with Gasteiger partial charge in [-0.2, -0.15) is 0 Å². The number of aliphatic imine (C=N–C) groups is 1. The molecule has 2 aromatic rings. The molecule has 1 saturated heterocycles. The summed E-state index contributed by atoms with van der Waals surface area (Å²) in [5, 5.41) is 9.38. The van der Waals surface area contributed by atoms with Crippen molar-refractivity contribution in [1.82, 2.24) is 10.6 Å². The Kier molecular flexibility index (Phi) is 11.4. The van der Waals surface area contributed by atoms with Gasteiger partial charge < -0.3 is 29.8 Å². The maximum Gasteiger partial charge on any atom is 0.291 e. The highest BCUT2D eigenvalue weighted by molar-refractivity contribution is 14.0. The molecular formula is C22H31IN4O4. The van der Waals surface area contributed by atoms with Gasteiger partial charge in [-0.05, 0) is 49.6 Å². The van der Waals surface area contributed by atoms with E-state index >= 15 is 0 Å². The summed E-state index contributed by atoms with van der Waals surface area (Å²) >= 11 is 0. The van der Waals surface area contributed by atoms with Crippen LogP contribution in [0.4, 0.5) is 5.69 Å². The first-order valence-electron chi connectivity index (χ1n) is 10.4. The van der Waals surface area contributed by atoms with Crippen LogP contribution in [-0.2, 0) is 16.0 Å². The molecule has 1 amide bonds. The summed E-state index contributed by atoms with van der Waals surface area (Å²) < 4.78 is 16.2. The number of rotatable bonds is 10. The molecule has 1 aliphatic rings. The lowest BCUT2D eigenvalue weighted by Gasteiger charge is -2.13. The van der Waals surface area contributed by atoms with Crippen molar-refractivity contribution in [1.29, 1.82) is 0 Å². The van der Waals surface area contributed by atoms with Crippen molar-refractivity contribution in [3.63, 3.8) is 0 Å². The van der Waals surface area contributed by atoms with Crippen molar-refractivity contribution >= 4 is 41.5 Å². The lowest BCUT2D eigenvalue weighted by molar-refractivity contribution is 0.0420. The predicted molar refractivity (Wildman–Crippen MR) is 131 cm³/mol. The fourth-order valence-corrected chi connectivity index (χ4v) is 2.98. The fraction of sp³-hybridized carbons (Fsp3) is 0.455. The number of guanidine groups is 1. The Hall–Kier alpha value is -2.11. The highest BCUT2D eigenvalue weighted by atomic mass is 127. The first kappa shape index (κ1) is 25.2. The Morgan fingerprint density at radius 3 is 2.74 bits per heavy atom. The zero-order valence-electron chi connectivity index (χ0n) is 17.8. The lowest BCUT2D eigenvalue weighted by atomic mass is 10.2. The van der Waals surface area contributed by atoms with E-state index in [-0.39, 0.29) is 41.7 Å². The molecule has 1 atom stereocenters. The molecule has 170 valence electrons. The van der Waals surface area contributed by atoms with Crippen LogP contribution in [0.1, 0.15) is 35.9 Å². The van der Waals surface area contributed by atoms with E-state index in [0.717, 1.165) is 44.1 Å². The molecule has 9 heteroatoms. The van der Waals surface area contributed by atoms with Crippen molar-refractivity contribution in [3.8, 4) is 0 Å². The van der Waals surface area contributed by atoms with Crippen molar-refractivity contribution in [2.24, 2.45) is 4.99 Å². The molecule has 0 aliphatic carbocycles. The van der Waals surface area contributed by atoms with Crippen LogP contribution < -0.4 is 16.0 Å². The largest absolute Gasteiger partial charge is 0.459 e. The monoisotopic (exact) mass is 542 g/mol. The van der Waals surface area contributed by atoms with E-state index in [1.807, 2.05) is 31.2 Å². The van der Waals surface area contributed by atoms with Crippen molar-refractivity contribution < 1.29 is 18.7 Å². The Morgan fingerprint density at radius 2 is 2.06 bits per heavy atom. The zero-order chi connectivity index (χ0) is 21.0. The number of nitrogens with one attached hydrogen (secondary N) is 3. The minimum atomic E-state index is -0.270. The number of amides is 1. The molecular weight excluding hydrogens is 511 g/mol. The molecule has 3 N–H and O–H groups in total. The average molecular weight is 542 g/mol. The minimum absolute atomic E-state index is 0. The number of carbonyl (C=O) groups is 1. The standard InChI is InChI=1S/C22H30N4O4.HI/c1-2-23-22(24-11-4-13-29-19-10-14-28-16-19)25-15-17-6-8-18(9-7-17)26-21(27)20-5-3-12-30-20;/h3,5-9,12,19H,2,4,10-11,13-16H2,1H3,(H,26,27)(H2,23,24,25);1H. The number of anilines is 1. The van der Waals surface area contributed by atoms with Gasteiger partial charge in [-0.25, -0.2) is 4.99 Å². The van der Waals surface area contributed by atoms with Gasteiger partial charge in [-0.3, -0.25) is 4.79 Å². The van der Waals surface area contributed by atoms with Gasteiger partial charge in [0.05, 0.1) is 25.5 Å². The second kappa shape index (κ2) is 14.0. The summed E-state index contributed by atoms with van der Waals surface area (Å²) in [6, 6.07) is 10.9. The lowest BCUT2D eigenvalue weighted by Crippen LogP contribution is -2.38. The topological polar surface area (TPSA) is 97.1 Å².